The third-order valence-electron chi connectivity index (χ3n) is 19.9. The maximum absolute atomic E-state index is 13.1. The number of carbonyl (C=O) groups excluding carboxylic acids is 4. The first kappa shape index (κ1) is 100. The number of phosphoric ester groups is 2. The van der Waals surface area contributed by atoms with Crippen LogP contribution in [0, 0.1) is 5.92 Å². The highest BCUT2D eigenvalue weighted by atomic mass is 31.2. The Balaban J connectivity index is 5.24. The highest BCUT2D eigenvalue weighted by Crippen LogP contribution is 2.45. The van der Waals surface area contributed by atoms with Crippen LogP contribution in [-0.2, 0) is 65.4 Å². The molecule has 0 aliphatic rings. The molecule has 0 aromatic heterocycles. The summed E-state index contributed by atoms with van der Waals surface area (Å²) in [6.45, 7) is 7.40. The van der Waals surface area contributed by atoms with Gasteiger partial charge in [0.05, 0.1) is 26.4 Å². The van der Waals surface area contributed by atoms with E-state index in [0.29, 0.717) is 25.7 Å². The van der Waals surface area contributed by atoms with Crippen molar-refractivity contribution in [2.75, 3.05) is 39.6 Å². The zero-order chi connectivity index (χ0) is 74.8. The number of carbonyl (C=O) groups is 4. The molecule has 3 N–H and O–H groups in total. The Bertz CT molecular complexity index is 1950. The van der Waals surface area contributed by atoms with Gasteiger partial charge in [-0.25, -0.2) is 9.13 Å². The third-order valence-corrected chi connectivity index (χ3v) is 21.8. The molecule has 0 rings (SSSR count). The standard InChI is InChI=1S/C83H162O17P2/c1-6-10-13-16-19-22-25-27-29-31-32-34-38-42-47-52-57-62-67-81(86)94-73-79(100-83(88)69-64-59-54-49-44-40-36-35-37-41-45-50-55-60-65-76(5)9-4)75-98-102(91,92)96-71-77(84)70-95-101(89,90)97-74-78(72-93-80(85)66-61-56-51-46-24-21-18-15-12-8-3)99-82(87)68-63-58-53-48-43-39-33-30-28-26-23-20-17-14-11-7-2/h76-79,84H,6-75H2,1-5H3,(H,89,90)(H,91,92)/t76?,77-,78+,79+/m0/s1. The number of esters is 4. The van der Waals surface area contributed by atoms with Crippen LogP contribution < -0.4 is 0 Å². The second-order valence-corrected chi connectivity index (χ2v) is 33.0. The van der Waals surface area contributed by atoms with E-state index in [9.17, 15) is 43.2 Å². The molecular formula is C83H162O17P2. The Hall–Kier alpha value is -1.94. The van der Waals surface area contributed by atoms with Crippen LogP contribution in [0.1, 0.15) is 446 Å². The molecule has 0 amide bonds. The summed E-state index contributed by atoms with van der Waals surface area (Å²) in [5, 5.41) is 10.7. The third kappa shape index (κ3) is 74.9. The Morgan fingerprint density at radius 1 is 0.275 bits per heavy atom. The normalized spacial score (nSPS) is 14.1. The maximum Gasteiger partial charge on any atom is 0.472 e. The zero-order valence-electron chi connectivity index (χ0n) is 66.8. The van der Waals surface area contributed by atoms with Crippen molar-refractivity contribution in [3.05, 3.63) is 0 Å². The second kappa shape index (κ2) is 75.9. The summed E-state index contributed by atoms with van der Waals surface area (Å²) in [4.78, 5) is 73.1. The van der Waals surface area contributed by atoms with Crippen LogP contribution in [0.3, 0.4) is 0 Å². The Morgan fingerprint density at radius 3 is 0.696 bits per heavy atom. The number of hydrogen-bond acceptors (Lipinski definition) is 15. The van der Waals surface area contributed by atoms with Gasteiger partial charge in [-0.15, -0.1) is 0 Å². The summed E-state index contributed by atoms with van der Waals surface area (Å²) in [5.74, 6) is -1.26. The molecule has 6 atom stereocenters. The fourth-order valence-corrected chi connectivity index (χ4v) is 14.5. The van der Waals surface area contributed by atoms with Gasteiger partial charge in [0.2, 0.25) is 0 Å². The van der Waals surface area contributed by atoms with Crippen molar-refractivity contribution in [3.8, 4) is 0 Å². The number of phosphoric acid groups is 2. The Labute approximate surface area is 626 Å². The van der Waals surface area contributed by atoms with Crippen LogP contribution in [0.2, 0.25) is 0 Å². The van der Waals surface area contributed by atoms with Crippen molar-refractivity contribution >= 4 is 39.5 Å². The van der Waals surface area contributed by atoms with E-state index in [0.717, 1.165) is 95.8 Å². The van der Waals surface area contributed by atoms with E-state index in [-0.39, 0.29) is 25.7 Å². The highest BCUT2D eigenvalue weighted by molar-refractivity contribution is 7.47. The van der Waals surface area contributed by atoms with Crippen molar-refractivity contribution in [1.29, 1.82) is 0 Å². The molecule has 17 nitrogen and oxygen atoms in total. The van der Waals surface area contributed by atoms with Gasteiger partial charge in [-0.1, -0.05) is 394 Å². The summed E-state index contributed by atoms with van der Waals surface area (Å²) < 4.78 is 68.8. The van der Waals surface area contributed by atoms with Gasteiger partial charge in [-0.05, 0) is 31.6 Å². The smallest absolute Gasteiger partial charge is 0.462 e. The maximum atomic E-state index is 13.1. The summed E-state index contributed by atoms with van der Waals surface area (Å²) in [6, 6.07) is 0. The predicted molar refractivity (Wildman–Crippen MR) is 418 cm³/mol. The van der Waals surface area contributed by atoms with E-state index >= 15 is 0 Å². The second-order valence-electron chi connectivity index (χ2n) is 30.1. The molecule has 0 aliphatic heterocycles. The minimum Gasteiger partial charge on any atom is -0.462 e. The fourth-order valence-electron chi connectivity index (χ4n) is 12.9. The average Bonchev–Trinajstić information content (AvgIpc) is 0.929. The van der Waals surface area contributed by atoms with E-state index in [1.807, 2.05) is 0 Å². The average molecular weight is 1490 g/mol. The molecule has 3 unspecified atom stereocenters. The molecule has 19 heteroatoms. The van der Waals surface area contributed by atoms with E-state index < -0.39 is 97.5 Å². The molecule has 0 spiro atoms. The number of aliphatic hydroxyl groups is 1. The molecule has 0 aliphatic carbocycles. The van der Waals surface area contributed by atoms with Crippen molar-refractivity contribution in [3.63, 3.8) is 0 Å². The summed E-state index contributed by atoms with van der Waals surface area (Å²) in [7, 11) is -9.92. The lowest BCUT2D eigenvalue weighted by molar-refractivity contribution is -0.161. The fraction of sp³-hybridized carbons (Fsp3) is 0.952. The molecule has 0 fully saturated rings. The van der Waals surface area contributed by atoms with Crippen LogP contribution in [0.25, 0.3) is 0 Å². The molecule has 0 heterocycles. The van der Waals surface area contributed by atoms with Crippen molar-refractivity contribution in [2.45, 2.75) is 464 Å². The lowest BCUT2D eigenvalue weighted by atomic mass is 9.99. The SMILES string of the molecule is CCCCCCCCCCCCCCCCCCCCC(=O)OC[C@H](COP(=O)(O)OC[C@@H](O)COP(=O)(O)OC[C@@H](COC(=O)CCCCCCCCCCCC)OC(=O)CCCCCCCCCCCCCCCCCC)OC(=O)CCCCCCCCCCCCCCCCC(C)CC. The lowest BCUT2D eigenvalue weighted by Crippen LogP contribution is -2.30. The molecule has 0 aromatic rings. The molecule has 0 radical (unpaired) electrons. The minimum absolute atomic E-state index is 0.109. The van der Waals surface area contributed by atoms with Crippen molar-refractivity contribution < 1.29 is 80.2 Å². The van der Waals surface area contributed by atoms with Gasteiger partial charge in [-0.3, -0.25) is 37.3 Å². The van der Waals surface area contributed by atoms with Gasteiger partial charge in [0.1, 0.15) is 19.3 Å². The number of rotatable bonds is 83. The molecule has 102 heavy (non-hydrogen) atoms. The van der Waals surface area contributed by atoms with Crippen molar-refractivity contribution in [2.24, 2.45) is 5.92 Å². The predicted octanol–water partition coefficient (Wildman–Crippen LogP) is 25.2. The number of hydrogen-bond donors (Lipinski definition) is 3. The van der Waals surface area contributed by atoms with Gasteiger partial charge in [0.25, 0.3) is 0 Å². The monoisotopic (exact) mass is 1490 g/mol. The molecular weight excluding hydrogens is 1330 g/mol. The van der Waals surface area contributed by atoms with Crippen LogP contribution >= 0.6 is 15.6 Å². The van der Waals surface area contributed by atoms with Crippen LogP contribution in [0.5, 0.6) is 0 Å². The van der Waals surface area contributed by atoms with E-state index in [4.69, 9.17) is 37.0 Å². The lowest BCUT2D eigenvalue weighted by Gasteiger charge is -2.21. The first-order chi connectivity index (χ1) is 49.6. The van der Waals surface area contributed by atoms with Gasteiger partial charge < -0.3 is 33.8 Å². The van der Waals surface area contributed by atoms with Gasteiger partial charge in [0.15, 0.2) is 12.2 Å². The largest absolute Gasteiger partial charge is 0.472 e. The molecule has 0 bridgehead atoms. The first-order valence-corrected chi connectivity index (χ1v) is 46.2. The highest BCUT2D eigenvalue weighted by Gasteiger charge is 2.30. The van der Waals surface area contributed by atoms with E-state index in [1.165, 1.54) is 270 Å². The quantitative estimate of drug-likeness (QED) is 0.0222. The summed E-state index contributed by atoms with van der Waals surface area (Å²) >= 11 is 0. The van der Waals surface area contributed by atoms with Crippen LogP contribution in [0.15, 0.2) is 0 Å². The Morgan fingerprint density at radius 2 is 0.471 bits per heavy atom. The van der Waals surface area contributed by atoms with E-state index in [1.54, 1.807) is 0 Å². The number of ether oxygens (including phenoxy) is 4. The Kier molecular flexibility index (Phi) is 74.4. The van der Waals surface area contributed by atoms with Gasteiger partial charge in [-0.2, -0.15) is 0 Å². The van der Waals surface area contributed by atoms with Crippen LogP contribution in [-0.4, -0.2) is 96.7 Å². The van der Waals surface area contributed by atoms with Gasteiger partial charge >= 0.3 is 39.5 Å². The zero-order valence-corrected chi connectivity index (χ0v) is 68.5. The van der Waals surface area contributed by atoms with Gasteiger partial charge in [0, 0.05) is 25.7 Å². The molecule has 0 saturated heterocycles. The topological polar surface area (TPSA) is 237 Å². The minimum atomic E-state index is -4.96. The molecule has 0 aromatic carbocycles. The summed E-state index contributed by atoms with van der Waals surface area (Å²) in [5.41, 5.74) is 0. The summed E-state index contributed by atoms with van der Waals surface area (Å²) in [6.07, 6.45) is 67.8. The first-order valence-electron chi connectivity index (χ1n) is 43.2. The number of aliphatic hydroxyl groups excluding tert-OH is 1. The number of unbranched alkanes of at least 4 members (excludes halogenated alkanes) is 54. The van der Waals surface area contributed by atoms with E-state index in [2.05, 4.69) is 34.6 Å². The van der Waals surface area contributed by atoms with Crippen LogP contribution in [0.4, 0.5) is 0 Å². The van der Waals surface area contributed by atoms with Crippen molar-refractivity contribution in [1.82, 2.24) is 0 Å². The molecule has 606 valence electrons. The molecule has 0 saturated carbocycles.